The highest BCUT2D eigenvalue weighted by Crippen LogP contribution is 2.30. The lowest BCUT2D eigenvalue weighted by Crippen LogP contribution is -2.44. The number of pyridine rings is 1. The lowest BCUT2D eigenvalue weighted by molar-refractivity contribution is 0.0917. The molecule has 5 rings (SSSR count). The van der Waals surface area contributed by atoms with Crippen molar-refractivity contribution in [2.45, 2.75) is 19.4 Å². The first kappa shape index (κ1) is 18.0. The Morgan fingerprint density at radius 1 is 1.24 bits per heavy atom. The van der Waals surface area contributed by atoms with E-state index in [0.29, 0.717) is 12.2 Å². The van der Waals surface area contributed by atoms with E-state index in [-0.39, 0.29) is 11.9 Å². The summed E-state index contributed by atoms with van der Waals surface area (Å²) in [5, 5.41) is 10.8. The van der Waals surface area contributed by atoms with Crippen LogP contribution in [-0.2, 0) is 6.42 Å². The number of nitrogens with one attached hydrogen (secondary N) is 2. The molecule has 0 saturated carbocycles. The molecule has 1 atom stereocenters. The van der Waals surface area contributed by atoms with Crippen LogP contribution >= 0.6 is 0 Å². The molecule has 0 spiro atoms. The first-order valence-corrected chi connectivity index (χ1v) is 10.1. The van der Waals surface area contributed by atoms with E-state index in [1.54, 1.807) is 10.7 Å². The fourth-order valence-corrected chi connectivity index (χ4v) is 4.10. The minimum Gasteiger partial charge on any atom is -0.491 e. The molecule has 0 unspecified atom stereocenters. The topological polar surface area (TPSA) is 70.9 Å². The van der Waals surface area contributed by atoms with Crippen LogP contribution in [0.5, 0.6) is 5.75 Å². The minimum atomic E-state index is -0.111. The molecule has 29 heavy (non-hydrogen) atoms. The molecule has 1 saturated heterocycles. The van der Waals surface area contributed by atoms with E-state index in [1.165, 1.54) is 5.69 Å². The number of anilines is 1. The summed E-state index contributed by atoms with van der Waals surface area (Å²) in [5.74, 6) is 0.818. The zero-order valence-corrected chi connectivity index (χ0v) is 16.5. The van der Waals surface area contributed by atoms with Crippen LogP contribution in [0.3, 0.4) is 0 Å². The summed E-state index contributed by atoms with van der Waals surface area (Å²) in [4.78, 5) is 15.2. The number of fused-ring (bicyclic) bond motifs is 2. The molecule has 1 amide bonds. The summed E-state index contributed by atoms with van der Waals surface area (Å²) in [7, 11) is 0. The van der Waals surface area contributed by atoms with E-state index >= 15 is 0 Å². The van der Waals surface area contributed by atoms with Crippen LogP contribution in [0.2, 0.25) is 0 Å². The maximum atomic E-state index is 12.8. The summed E-state index contributed by atoms with van der Waals surface area (Å²) in [6.07, 6.45) is 4.26. The van der Waals surface area contributed by atoms with E-state index in [4.69, 9.17) is 4.74 Å². The molecule has 2 N–H and O–H groups in total. The van der Waals surface area contributed by atoms with Crippen molar-refractivity contribution >= 4 is 17.1 Å². The first-order valence-electron chi connectivity index (χ1n) is 10.1. The third-order valence-corrected chi connectivity index (χ3v) is 5.70. The van der Waals surface area contributed by atoms with Gasteiger partial charge in [0.15, 0.2) is 0 Å². The lowest BCUT2D eigenvalue weighted by atomic mass is 10.0. The molecule has 7 nitrogen and oxygen atoms in total. The number of aryl methyl sites for hydroxylation is 1. The Morgan fingerprint density at radius 2 is 2.10 bits per heavy atom. The number of hydrogen-bond acceptors (Lipinski definition) is 5. The van der Waals surface area contributed by atoms with Crippen molar-refractivity contribution in [3.63, 3.8) is 0 Å². The maximum Gasteiger partial charge on any atom is 0.255 e. The van der Waals surface area contributed by atoms with Crippen LogP contribution in [0.15, 0.2) is 42.7 Å². The van der Waals surface area contributed by atoms with Gasteiger partial charge in [-0.1, -0.05) is 6.07 Å². The summed E-state index contributed by atoms with van der Waals surface area (Å²) < 4.78 is 7.74. The smallest absolute Gasteiger partial charge is 0.255 e. The van der Waals surface area contributed by atoms with E-state index in [0.717, 1.165) is 55.0 Å². The number of rotatable bonds is 3. The van der Waals surface area contributed by atoms with E-state index in [9.17, 15) is 4.79 Å². The molecule has 2 aliphatic heterocycles. The Labute approximate surface area is 169 Å². The molecule has 7 heteroatoms. The van der Waals surface area contributed by atoms with Gasteiger partial charge in [0.2, 0.25) is 0 Å². The second-order valence-electron chi connectivity index (χ2n) is 7.81. The lowest BCUT2D eigenvalue weighted by Gasteiger charge is -2.31. The van der Waals surface area contributed by atoms with Crippen LogP contribution in [0, 0.1) is 6.92 Å². The van der Waals surface area contributed by atoms with E-state index in [2.05, 4.69) is 38.8 Å². The van der Waals surface area contributed by atoms with Crippen molar-refractivity contribution in [2.75, 3.05) is 37.7 Å². The van der Waals surface area contributed by atoms with Gasteiger partial charge in [-0.15, -0.1) is 0 Å². The Balaban J connectivity index is 1.29. The molecule has 0 aliphatic carbocycles. The molecule has 0 bridgehead atoms. The number of hydrogen-bond donors (Lipinski definition) is 2. The monoisotopic (exact) mass is 391 g/mol. The number of piperazine rings is 1. The second kappa shape index (κ2) is 7.40. The molecule has 2 aliphatic rings. The van der Waals surface area contributed by atoms with Gasteiger partial charge >= 0.3 is 0 Å². The number of benzene rings is 1. The quantitative estimate of drug-likeness (QED) is 0.712. The number of aromatic nitrogens is 2. The highest BCUT2D eigenvalue weighted by molar-refractivity contribution is 6.00. The number of amides is 1. The van der Waals surface area contributed by atoms with Crippen LogP contribution in [0.4, 0.5) is 5.69 Å². The highest BCUT2D eigenvalue weighted by atomic mass is 16.5. The number of carbonyl (C=O) groups excluding carboxylic acids is 1. The van der Waals surface area contributed by atoms with Gasteiger partial charge in [-0.3, -0.25) is 4.79 Å². The van der Waals surface area contributed by atoms with Crippen LogP contribution in [0.25, 0.3) is 5.52 Å². The highest BCUT2D eigenvalue weighted by Gasteiger charge is 2.24. The number of ether oxygens (including phenoxy) is 1. The molecule has 1 fully saturated rings. The summed E-state index contributed by atoms with van der Waals surface area (Å²) >= 11 is 0. The number of nitrogens with zero attached hydrogens (tertiary/aromatic N) is 3. The Bertz CT molecular complexity index is 1050. The van der Waals surface area contributed by atoms with Crippen LogP contribution < -0.4 is 20.3 Å². The molecule has 1 aromatic carbocycles. The number of carbonyl (C=O) groups is 1. The summed E-state index contributed by atoms with van der Waals surface area (Å²) in [6, 6.07) is 10.3. The Kier molecular flexibility index (Phi) is 4.60. The first-order chi connectivity index (χ1) is 14.2. The standard InChI is InChI=1S/C22H25N5O2/c1-15-4-7-27-20(10-15)19(13-24-27)22(28)25-17-11-16-2-3-18(12-21(16)29-14-17)26-8-5-23-6-9-26/h2-4,7,10,12-13,17,23H,5-6,8-9,11,14H2,1H3,(H,25,28)/t17-/m1/s1. The third-order valence-electron chi connectivity index (χ3n) is 5.70. The normalized spacial score (nSPS) is 18.9. The Morgan fingerprint density at radius 3 is 2.97 bits per heavy atom. The fraction of sp³-hybridized carbons (Fsp3) is 0.364. The summed E-state index contributed by atoms with van der Waals surface area (Å²) in [5.41, 5.74) is 4.85. The second-order valence-corrected chi connectivity index (χ2v) is 7.81. The largest absolute Gasteiger partial charge is 0.491 e. The SMILES string of the molecule is Cc1ccn2ncc(C(=O)N[C@H]3COc4cc(N5CCNCC5)ccc4C3)c2c1. The van der Waals surface area contributed by atoms with E-state index in [1.807, 2.05) is 25.3 Å². The van der Waals surface area contributed by atoms with Crippen LogP contribution in [-0.4, -0.2) is 54.3 Å². The Hall–Kier alpha value is -3.06. The van der Waals surface area contributed by atoms with E-state index < -0.39 is 0 Å². The zero-order chi connectivity index (χ0) is 19.8. The molecule has 0 radical (unpaired) electrons. The third kappa shape index (κ3) is 3.53. The van der Waals surface area contributed by atoms with Crippen molar-refractivity contribution in [3.8, 4) is 5.75 Å². The van der Waals surface area contributed by atoms with Crippen LogP contribution in [0.1, 0.15) is 21.5 Å². The zero-order valence-electron chi connectivity index (χ0n) is 16.5. The van der Waals surface area contributed by atoms with Gasteiger partial charge in [-0.2, -0.15) is 5.10 Å². The molecule has 3 aromatic rings. The summed E-state index contributed by atoms with van der Waals surface area (Å²) in [6.45, 7) is 6.52. The van der Waals surface area contributed by atoms with Crippen molar-refractivity contribution < 1.29 is 9.53 Å². The van der Waals surface area contributed by atoms with Gasteiger partial charge in [0.25, 0.3) is 5.91 Å². The minimum absolute atomic E-state index is 0.0557. The van der Waals surface area contributed by atoms with Gasteiger partial charge in [-0.05, 0) is 42.7 Å². The van der Waals surface area contributed by atoms with Gasteiger partial charge in [0.1, 0.15) is 12.4 Å². The van der Waals surface area contributed by atoms with Gasteiger partial charge in [0.05, 0.1) is 23.3 Å². The average Bonchev–Trinajstić information content (AvgIpc) is 3.17. The van der Waals surface area contributed by atoms with Crippen molar-refractivity contribution in [1.29, 1.82) is 0 Å². The average molecular weight is 391 g/mol. The molecular formula is C22H25N5O2. The molecule has 4 heterocycles. The molecular weight excluding hydrogens is 366 g/mol. The van der Waals surface area contributed by atoms with Crippen molar-refractivity contribution in [3.05, 3.63) is 59.4 Å². The van der Waals surface area contributed by atoms with Gasteiger partial charge in [-0.25, -0.2) is 4.52 Å². The molecule has 2 aromatic heterocycles. The van der Waals surface area contributed by atoms with Crippen molar-refractivity contribution in [1.82, 2.24) is 20.2 Å². The molecule has 150 valence electrons. The van der Waals surface area contributed by atoms with Gasteiger partial charge < -0.3 is 20.3 Å². The maximum absolute atomic E-state index is 12.8. The predicted molar refractivity (Wildman–Crippen MR) is 112 cm³/mol. The van der Waals surface area contributed by atoms with Gasteiger partial charge in [0, 0.05) is 44.1 Å². The fourth-order valence-electron chi connectivity index (χ4n) is 4.10. The predicted octanol–water partition coefficient (Wildman–Crippen LogP) is 1.79. The van der Waals surface area contributed by atoms with Crippen molar-refractivity contribution in [2.24, 2.45) is 0 Å².